The molecule has 0 radical (unpaired) electrons. The van der Waals surface area contributed by atoms with Crippen LogP contribution in [0.3, 0.4) is 0 Å². The van der Waals surface area contributed by atoms with E-state index in [0.29, 0.717) is 11.8 Å². The van der Waals surface area contributed by atoms with Crippen LogP contribution in [0.5, 0.6) is 5.75 Å². The van der Waals surface area contributed by atoms with Crippen LogP contribution in [0.4, 0.5) is 8.78 Å². The number of hydrogen-bond donors (Lipinski definition) is 0. The Morgan fingerprint density at radius 2 is 2.12 bits per heavy atom. The Labute approximate surface area is 104 Å². The lowest BCUT2D eigenvalue weighted by molar-refractivity contribution is -0.0499. The molecule has 0 unspecified atom stereocenters. The van der Waals surface area contributed by atoms with Gasteiger partial charge in [0.25, 0.3) is 0 Å². The summed E-state index contributed by atoms with van der Waals surface area (Å²) in [5.74, 6) is 2.71. The predicted octanol–water partition coefficient (Wildman–Crippen LogP) is 3.39. The maximum Gasteiger partial charge on any atom is 0.387 e. The van der Waals surface area contributed by atoms with Gasteiger partial charge in [0.05, 0.1) is 5.56 Å². The van der Waals surface area contributed by atoms with E-state index < -0.39 is 14.7 Å². The van der Waals surface area contributed by atoms with Crippen molar-refractivity contribution in [2.24, 2.45) is 0 Å². The highest BCUT2D eigenvalue weighted by Gasteiger charge is 2.16. The molecule has 92 valence electrons. The van der Waals surface area contributed by atoms with Crippen LogP contribution in [0, 0.1) is 11.5 Å². The molecule has 0 aliphatic rings. The van der Waals surface area contributed by atoms with Crippen molar-refractivity contribution < 1.29 is 18.3 Å². The third-order valence-corrected chi connectivity index (χ3v) is 3.42. The van der Waals surface area contributed by atoms with Gasteiger partial charge in [-0.2, -0.15) is 8.78 Å². The third-order valence-electron chi connectivity index (χ3n) is 1.66. The van der Waals surface area contributed by atoms with Crippen molar-refractivity contribution in [1.29, 1.82) is 0 Å². The van der Waals surface area contributed by atoms with Gasteiger partial charge in [-0.05, 0) is 0 Å². The van der Waals surface area contributed by atoms with Gasteiger partial charge < -0.3 is 4.74 Å². The Morgan fingerprint density at radius 1 is 1.47 bits per heavy atom. The number of halogens is 2. The summed E-state index contributed by atoms with van der Waals surface area (Å²) in [6, 6.07) is 0. The highest BCUT2D eigenvalue weighted by molar-refractivity contribution is 7.12. The van der Waals surface area contributed by atoms with E-state index in [1.54, 1.807) is 5.38 Å². The summed E-state index contributed by atoms with van der Waals surface area (Å²) in [5, 5.41) is 1.56. The molecule has 0 aliphatic heterocycles. The summed E-state index contributed by atoms with van der Waals surface area (Å²) in [6.45, 7) is 3.18. The van der Waals surface area contributed by atoms with E-state index in [1.807, 2.05) is 19.6 Å². The zero-order valence-electron chi connectivity index (χ0n) is 9.71. The van der Waals surface area contributed by atoms with Crippen LogP contribution in [0.15, 0.2) is 5.38 Å². The van der Waals surface area contributed by atoms with Crippen LogP contribution in [0.2, 0.25) is 19.6 Å². The molecular formula is C11H12F2O2SSi. The Morgan fingerprint density at radius 3 is 2.59 bits per heavy atom. The molecule has 0 saturated carbocycles. The molecule has 2 nitrogen and oxygen atoms in total. The quantitative estimate of drug-likeness (QED) is 0.480. The summed E-state index contributed by atoms with van der Waals surface area (Å²) >= 11 is 1.06. The summed E-state index contributed by atoms with van der Waals surface area (Å²) in [4.78, 5) is 10.8. The first-order valence-electron chi connectivity index (χ1n) is 4.88. The minimum absolute atomic E-state index is 0.106. The van der Waals surface area contributed by atoms with E-state index in [4.69, 9.17) is 0 Å². The minimum atomic E-state index is -2.95. The number of ether oxygens (including phenoxy) is 1. The molecule has 0 saturated heterocycles. The lowest BCUT2D eigenvalue weighted by Crippen LogP contribution is -2.16. The van der Waals surface area contributed by atoms with E-state index in [-0.39, 0.29) is 10.6 Å². The molecule has 1 aromatic heterocycles. The van der Waals surface area contributed by atoms with Gasteiger partial charge in [-0.3, -0.25) is 4.79 Å². The maximum absolute atomic E-state index is 12.2. The largest absolute Gasteiger partial charge is 0.432 e. The van der Waals surface area contributed by atoms with Gasteiger partial charge in [-0.25, -0.2) is 0 Å². The van der Waals surface area contributed by atoms with Gasteiger partial charge >= 0.3 is 6.61 Å². The van der Waals surface area contributed by atoms with Crippen molar-refractivity contribution in [3.05, 3.63) is 15.8 Å². The van der Waals surface area contributed by atoms with Crippen LogP contribution in [-0.4, -0.2) is 21.0 Å². The minimum Gasteiger partial charge on any atom is -0.432 e. The van der Waals surface area contributed by atoms with Gasteiger partial charge in [-0.15, -0.1) is 16.9 Å². The van der Waals surface area contributed by atoms with E-state index in [2.05, 4.69) is 16.2 Å². The van der Waals surface area contributed by atoms with Crippen molar-refractivity contribution in [2.75, 3.05) is 0 Å². The lowest BCUT2D eigenvalue weighted by Gasteiger charge is -2.05. The Kier molecular flexibility index (Phi) is 4.43. The summed E-state index contributed by atoms with van der Waals surface area (Å²) in [5.41, 5.74) is 3.40. The van der Waals surface area contributed by atoms with Gasteiger partial charge in [-0.1, -0.05) is 25.6 Å². The van der Waals surface area contributed by atoms with E-state index in [0.717, 1.165) is 11.3 Å². The molecule has 0 amide bonds. The molecule has 1 heterocycles. The number of thiophene rings is 1. The van der Waals surface area contributed by atoms with Crippen LogP contribution in [0.25, 0.3) is 0 Å². The molecule has 0 spiro atoms. The molecule has 0 aromatic carbocycles. The number of carbonyl (C=O) groups is 1. The first-order valence-corrected chi connectivity index (χ1v) is 9.26. The molecule has 6 heteroatoms. The molecule has 17 heavy (non-hydrogen) atoms. The zero-order valence-corrected chi connectivity index (χ0v) is 11.5. The number of carbonyl (C=O) groups excluding carboxylic acids is 1. The van der Waals surface area contributed by atoms with E-state index in [1.165, 1.54) is 0 Å². The number of aldehydes is 1. The van der Waals surface area contributed by atoms with E-state index in [9.17, 15) is 13.6 Å². The number of hydrogen-bond acceptors (Lipinski definition) is 3. The van der Waals surface area contributed by atoms with Crippen LogP contribution in [-0.2, 0) is 0 Å². The Bertz CT molecular complexity index is 466. The average Bonchev–Trinajstić information content (AvgIpc) is 2.55. The van der Waals surface area contributed by atoms with Gasteiger partial charge in [0, 0.05) is 5.38 Å². The fourth-order valence-electron chi connectivity index (χ4n) is 0.995. The second-order valence-electron chi connectivity index (χ2n) is 4.34. The second kappa shape index (κ2) is 5.43. The standard InChI is InChI=1S/C11H12F2O2SSi/c1-17(2,3)5-4-8-7-16-9(6-14)10(8)15-11(12)13/h6-7,11H,1-3H3. The average molecular weight is 274 g/mol. The highest BCUT2D eigenvalue weighted by Crippen LogP contribution is 2.30. The molecule has 0 N–H and O–H groups in total. The van der Waals surface area contributed by atoms with Crippen LogP contribution in [0.1, 0.15) is 15.2 Å². The molecule has 0 aliphatic carbocycles. The van der Waals surface area contributed by atoms with Crippen molar-refractivity contribution in [3.63, 3.8) is 0 Å². The molecular weight excluding hydrogens is 262 g/mol. The van der Waals surface area contributed by atoms with Crippen LogP contribution < -0.4 is 4.74 Å². The smallest absolute Gasteiger partial charge is 0.387 e. The SMILES string of the molecule is C[Si](C)(C)C#Cc1csc(C=O)c1OC(F)F. The van der Waals surface area contributed by atoms with Gasteiger partial charge in [0.15, 0.2) is 12.0 Å². The molecule has 0 bridgehead atoms. The third kappa shape index (κ3) is 4.28. The van der Waals surface area contributed by atoms with E-state index >= 15 is 0 Å². The fraction of sp³-hybridized carbons (Fsp3) is 0.364. The maximum atomic E-state index is 12.2. The first-order chi connectivity index (χ1) is 7.83. The Hall–Kier alpha value is -1.19. The lowest BCUT2D eigenvalue weighted by atomic mass is 10.3. The van der Waals surface area contributed by atoms with Crippen molar-refractivity contribution >= 4 is 25.7 Å². The Balaban J connectivity index is 3.10. The highest BCUT2D eigenvalue weighted by atomic mass is 32.1. The van der Waals surface area contributed by atoms with Gasteiger partial charge in [0.1, 0.15) is 13.0 Å². The normalized spacial score (nSPS) is 10.9. The van der Waals surface area contributed by atoms with Crippen molar-refractivity contribution in [3.8, 4) is 17.2 Å². The number of alkyl halides is 2. The summed E-state index contributed by atoms with van der Waals surface area (Å²) < 4.78 is 28.7. The van der Waals surface area contributed by atoms with Crippen LogP contribution >= 0.6 is 11.3 Å². The molecule has 1 aromatic rings. The summed E-state index contributed by atoms with van der Waals surface area (Å²) in [7, 11) is -1.59. The predicted molar refractivity (Wildman–Crippen MR) is 66.6 cm³/mol. The second-order valence-corrected chi connectivity index (χ2v) is 10.0. The first kappa shape index (κ1) is 13.9. The van der Waals surface area contributed by atoms with Crippen molar-refractivity contribution in [1.82, 2.24) is 0 Å². The summed E-state index contributed by atoms with van der Waals surface area (Å²) in [6.07, 6.45) is 0.502. The van der Waals surface area contributed by atoms with Crippen molar-refractivity contribution in [2.45, 2.75) is 26.3 Å². The fourth-order valence-corrected chi connectivity index (χ4v) is 2.24. The zero-order chi connectivity index (χ0) is 13.1. The molecule has 1 rings (SSSR count). The topological polar surface area (TPSA) is 26.3 Å². The molecule has 0 fully saturated rings. The monoisotopic (exact) mass is 274 g/mol. The number of rotatable bonds is 3. The van der Waals surface area contributed by atoms with Gasteiger partial charge in [0.2, 0.25) is 0 Å². The molecule has 0 atom stereocenters.